The Labute approximate surface area is 97.5 Å². The van der Waals surface area contributed by atoms with Crippen molar-refractivity contribution in [1.82, 2.24) is 4.98 Å². The average molecular weight is 294 g/mol. The molecule has 0 aliphatic rings. The molecule has 0 aliphatic heterocycles. The van der Waals surface area contributed by atoms with Gasteiger partial charge in [-0.25, -0.2) is 0 Å². The molecule has 86 valence electrons. The maximum Gasteiger partial charge on any atom is 0.432 e. The molecule has 1 aromatic heterocycles. The second-order valence-corrected chi connectivity index (χ2v) is 4.02. The first-order valence-corrected chi connectivity index (χ1v) is 5.15. The molecule has 0 spiro atoms. The summed E-state index contributed by atoms with van der Waals surface area (Å²) in [6.07, 6.45) is -4.40. The Balaban J connectivity index is 2.69. The molecular weight excluding hydrogens is 287 g/mol. The van der Waals surface area contributed by atoms with Crippen LogP contribution in [-0.2, 0) is 6.18 Å². The number of H-pyrrole nitrogens is 1. The number of hydrogen-bond donors (Lipinski definition) is 1. The summed E-state index contributed by atoms with van der Waals surface area (Å²) in [5.41, 5.74) is -0.365. The Morgan fingerprint density at radius 3 is 2.56 bits per heavy atom. The van der Waals surface area contributed by atoms with Crippen molar-refractivity contribution in [3.05, 3.63) is 28.4 Å². The van der Waals surface area contributed by atoms with Crippen molar-refractivity contribution in [3.8, 4) is 5.75 Å². The molecule has 16 heavy (non-hydrogen) atoms. The van der Waals surface area contributed by atoms with Crippen LogP contribution >= 0.6 is 15.9 Å². The molecule has 0 amide bonds. The van der Waals surface area contributed by atoms with Crippen molar-refractivity contribution in [3.63, 3.8) is 0 Å². The third kappa shape index (κ3) is 1.77. The number of rotatable bonds is 1. The summed E-state index contributed by atoms with van der Waals surface area (Å²) in [4.78, 5) is 2.33. The average Bonchev–Trinajstić information content (AvgIpc) is 2.55. The predicted molar refractivity (Wildman–Crippen MR) is 57.6 cm³/mol. The van der Waals surface area contributed by atoms with Crippen LogP contribution in [-0.4, -0.2) is 12.1 Å². The van der Waals surface area contributed by atoms with Gasteiger partial charge in [-0.15, -0.1) is 0 Å². The topological polar surface area (TPSA) is 25.0 Å². The molecule has 2 nitrogen and oxygen atoms in total. The number of aromatic nitrogens is 1. The highest BCUT2D eigenvalue weighted by Gasteiger charge is 2.35. The number of ether oxygens (including phenoxy) is 1. The van der Waals surface area contributed by atoms with Crippen molar-refractivity contribution in [2.75, 3.05) is 7.11 Å². The van der Waals surface area contributed by atoms with Crippen LogP contribution < -0.4 is 4.74 Å². The van der Waals surface area contributed by atoms with Gasteiger partial charge < -0.3 is 9.72 Å². The molecule has 0 bridgehead atoms. The summed E-state index contributed by atoms with van der Waals surface area (Å²) in [6, 6.07) is 4.70. The summed E-state index contributed by atoms with van der Waals surface area (Å²) in [6.45, 7) is 0. The van der Waals surface area contributed by atoms with Gasteiger partial charge >= 0.3 is 6.18 Å². The molecule has 2 aromatic rings. The fraction of sp³-hybridized carbons (Fsp3) is 0.200. The molecule has 1 N–H and O–H groups in total. The van der Waals surface area contributed by atoms with E-state index >= 15 is 0 Å². The van der Waals surface area contributed by atoms with Crippen LogP contribution in [0.5, 0.6) is 5.75 Å². The van der Waals surface area contributed by atoms with E-state index in [9.17, 15) is 13.2 Å². The lowest BCUT2D eigenvalue weighted by atomic mass is 10.2. The minimum absolute atomic E-state index is 0.00824. The monoisotopic (exact) mass is 293 g/mol. The quantitative estimate of drug-likeness (QED) is 0.846. The molecule has 0 aliphatic carbocycles. The number of alkyl halides is 3. The minimum Gasteiger partial charge on any atom is -0.497 e. The van der Waals surface area contributed by atoms with Crippen molar-refractivity contribution in [1.29, 1.82) is 0 Å². The standard InChI is InChI=1S/C10H7BrF3NO/c1-16-5-2-3-7-6(4-5)8(11)9(15-7)10(12,13)14/h2-4,15H,1H3. The van der Waals surface area contributed by atoms with Crippen LogP contribution in [0, 0.1) is 0 Å². The molecule has 1 heterocycles. The van der Waals surface area contributed by atoms with Gasteiger partial charge in [0.2, 0.25) is 0 Å². The number of aromatic amines is 1. The maximum atomic E-state index is 12.6. The van der Waals surface area contributed by atoms with Crippen LogP contribution in [0.25, 0.3) is 10.9 Å². The summed E-state index contributed by atoms with van der Waals surface area (Å²) in [5.74, 6) is 0.515. The maximum absolute atomic E-state index is 12.6. The molecule has 0 saturated heterocycles. The second kappa shape index (κ2) is 3.69. The normalized spacial score (nSPS) is 12.1. The van der Waals surface area contributed by atoms with Gasteiger partial charge in [0.1, 0.15) is 11.4 Å². The van der Waals surface area contributed by atoms with Crippen molar-refractivity contribution in [2.24, 2.45) is 0 Å². The Bertz CT molecular complexity index is 533. The van der Waals surface area contributed by atoms with E-state index < -0.39 is 11.9 Å². The SMILES string of the molecule is COc1ccc2[nH]c(C(F)(F)F)c(Br)c2c1. The highest BCUT2D eigenvalue weighted by atomic mass is 79.9. The molecule has 1 aromatic carbocycles. The number of fused-ring (bicyclic) bond motifs is 1. The summed E-state index contributed by atoms with van der Waals surface area (Å²) in [7, 11) is 1.46. The van der Waals surface area contributed by atoms with Gasteiger partial charge in [-0.2, -0.15) is 13.2 Å². The first kappa shape index (κ1) is 11.3. The zero-order valence-electron chi connectivity index (χ0n) is 8.15. The van der Waals surface area contributed by atoms with Crippen LogP contribution in [0.3, 0.4) is 0 Å². The third-order valence-corrected chi connectivity index (χ3v) is 3.05. The molecule has 0 saturated carbocycles. The molecule has 0 atom stereocenters. The summed E-state index contributed by atoms with van der Waals surface area (Å²) in [5, 5.41) is 0.451. The van der Waals surface area contributed by atoms with Crippen LogP contribution in [0.4, 0.5) is 13.2 Å². The van der Waals surface area contributed by atoms with Crippen LogP contribution in [0.15, 0.2) is 22.7 Å². The highest BCUT2D eigenvalue weighted by Crippen LogP contribution is 2.39. The first-order valence-electron chi connectivity index (χ1n) is 4.36. The van der Waals surface area contributed by atoms with Crippen molar-refractivity contribution >= 4 is 26.8 Å². The smallest absolute Gasteiger partial charge is 0.432 e. The molecule has 0 radical (unpaired) electrons. The number of nitrogens with one attached hydrogen (secondary N) is 1. The van der Waals surface area contributed by atoms with E-state index in [4.69, 9.17) is 4.74 Å². The fourth-order valence-corrected chi connectivity index (χ4v) is 2.11. The minimum atomic E-state index is -4.40. The zero-order valence-corrected chi connectivity index (χ0v) is 9.74. The molecule has 6 heteroatoms. The van der Waals surface area contributed by atoms with E-state index in [-0.39, 0.29) is 4.47 Å². The largest absolute Gasteiger partial charge is 0.497 e. The second-order valence-electron chi connectivity index (χ2n) is 3.22. The Hall–Kier alpha value is -1.17. The molecular formula is C10H7BrF3NO. The fourth-order valence-electron chi connectivity index (χ4n) is 1.46. The summed E-state index contributed by atoms with van der Waals surface area (Å²) >= 11 is 2.94. The number of methoxy groups -OCH3 is 1. The Morgan fingerprint density at radius 2 is 2.00 bits per heavy atom. The number of hydrogen-bond acceptors (Lipinski definition) is 1. The third-order valence-electron chi connectivity index (χ3n) is 2.23. The van der Waals surface area contributed by atoms with Gasteiger partial charge in [0.25, 0.3) is 0 Å². The van der Waals surface area contributed by atoms with Crippen molar-refractivity contribution in [2.45, 2.75) is 6.18 Å². The van der Waals surface area contributed by atoms with Gasteiger partial charge in [0.15, 0.2) is 0 Å². The van der Waals surface area contributed by atoms with Gasteiger partial charge in [-0.05, 0) is 34.1 Å². The molecule has 0 fully saturated rings. The van der Waals surface area contributed by atoms with Crippen LogP contribution in [0.1, 0.15) is 5.69 Å². The van der Waals surface area contributed by atoms with Gasteiger partial charge in [0, 0.05) is 10.9 Å². The van der Waals surface area contributed by atoms with E-state index in [2.05, 4.69) is 20.9 Å². The molecule has 2 rings (SSSR count). The number of benzene rings is 1. The van der Waals surface area contributed by atoms with E-state index in [0.717, 1.165) is 0 Å². The Morgan fingerprint density at radius 1 is 1.31 bits per heavy atom. The van der Waals surface area contributed by atoms with E-state index in [0.29, 0.717) is 16.7 Å². The highest BCUT2D eigenvalue weighted by molar-refractivity contribution is 9.10. The van der Waals surface area contributed by atoms with Gasteiger partial charge in [0.05, 0.1) is 11.6 Å². The number of halogens is 4. The van der Waals surface area contributed by atoms with E-state index in [1.807, 2.05) is 0 Å². The van der Waals surface area contributed by atoms with Crippen LogP contribution in [0.2, 0.25) is 0 Å². The predicted octanol–water partition coefficient (Wildman–Crippen LogP) is 3.96. The van der Waals surface area contributed by atoms with Gasteiger partial charge in [-0.3, -0.25) is 0 Å². The summed E-state index contributed by atoms with van der Waals surface area (Å²) < 4.78 is 42.7. The van der Waals surface area contributed by atoms with E-state index in [1.54, 1.807) is 18.2 Å². The first-order chi connectivity index (χ1) is 7.43. The lowest BCUT2D eigenvalue weighted by Gasteiger charge is -2.03. The Kier molecular flexibility index (Phi) is 2.61. The van der Waals surface area contributed by atoms with E-state index in [1.165, 1.54) is 7.11 Å². The lowest BCUT2D eigenvalue weighted by Crippen LogP contribution is -2.05. The van der Waals surface area contributed by atoms with Gasteiger partial charge in [-0.1, -0.05) is 0 Å². The lowest BCUT2D eigenvalue weighted by molar-refractivity contribution is -0.141. The van der Waals surface area contributed by atoms with Crippen molar-refractivity contribution < 1.29 is 17.9 Å². The molecule has 0 unspecified atom stereocenters. The zero-order chi connectivity index (χ0) is 11.9.